The van der Waals surface area contributed by atoms with Crippen LogP contribution in [0.2, 0.25) is 0 Å². The van der Waals surface area contributed by atoms with Crippen LogP contribution in [0.5, 0.6) is 0 Å². The Balaban J connectivity index is 2.22. The Labute approximate surface area is 118 Å². The van der Waals surface area contributed by atoms with E-state index in [0.717, 1.165) is 28.8 Å². The van der Waals surface area contributed by atoms with E-state index >= 15 is 0 Å². The highest BCUT2D eigenvalue weighted by atomic mass is 16.7. The molecule has 0 N–H and O–H groups in total. The molecule has 0 saturated carbocycles. The number of fused-ring (bicyclic) bond motifs is 1. The van der Waals surface area contributed by atoms with Crippen molar-refractivity contribution in [1.29, 1.82) is 0 Å². The zero-order valence-corrected chi connectivity index (χ0v) is 11.8. The third-order valence-electron chi connectivity index (χ3n) is 3.30. The Morgan fingerprint density at radius 3 is 2.60 bits per heavy atom. The van der Waals surface area contributed by atoms with E-state index in [1.54, 1.807) is 0 Å². The summed E-state index contributed by atoms with van der Waals surface area (Å²) in [5.41, 5.74) is 4.26. The van der Waals surface area contributed by atoms with E-state index in [1.807, 2.05) is 29.0 Å². The second-order valence-corrected chi connectivity index (χ2v) is 4.87. The molecule has 1 heterocycles. The third kappa shape index (κ3) is 2.16. The summed E-state index contributed by atoms with van der Waals surface area (Å²) in [5.74, 6) is 0.864. The number of hydrogen-bond acceptors (Lipinski definition) is 2. The fourth-order valence-electron chi connectivity index (χ4n) is 2.30. The zero-order valence-electron chi connectivity index (χ0n) is 11.8. The van der Waals surface area contributed by atoms with E-state index in [4.69, 9.17) is 9.82 Å². The molecule has 0 amide bonds. The van der Waals surface area contributed by atoms with Crippen LogP contribution < -0.4 is 4.84 Å². The predicted octanol–water partition coefficient (Wildman–Crippen LogP) is 3.85. The van der Waals surface area contributed by atoms with Crippen molar-refractivity contribution in [2.45, 2.75) is 20.3 Å². The second-order valence-electron chi connectivity index (χ2n) is 4.87. The van der Waals surface area contributed by atoms with E-state index in [-0.39, 0.29) is 0 Å². The summed E-state index contributed by atoms with van der Waals surface area (Å²) >= 11 is 0. The van der Waals surface area contributed by atoms with Gasteiger partial charge in [-0.1, -0.05) is 49.4 Å². The minimum absolute atomic E-state index is 0.680. The third-order valence-corrected chi connectivity index (χ3v) is 3.30. The van der Waals surface area contributed by atoms with Crippen molar-refractivity contribution >= 4 is 11.0 Å². The average molecular weight is 266 g/mol. The number of rotatable bonds is 4. The van der Waals surface area contributed by atoms with Gasteiger partial charge >= 0.3 is 0 Å². The van der Waals surface area contributed by atoms with Crippen LogP contribution in [0.15, 0.2) is 48.5 Å². The summed E-state index contributed by atoms with van der Waals surface area (Å²) < 4.78 is 1.86. The van der Waals surface area contributed by atoms with Crippen LogP contribution in [-0.4, -0.2) is 16.3 Å². The number of imidazole rings is 1. The highest BCUT2D eigenvalue weighted by molar-refractivity contribution is 5.83. The van der Waals surface area contributed by atoms with Crippen molar-refractivity contribution in [2.24, 2.45) is 0 Å². The van der Waals surface area contributed by atoms with Gasteiger partial charge in [-0.15, -0.1) is 0 Å². The van der Waals surface area contributed by atoms with Crippen LogP contribution in [0.4, 0.5) is 0 Å². The Bertz CT molecular complexity index is 716. The lowest BCUT2D eigenvalue weighted by atomic mass is 10.2. The minimum atomic E-state index is 0.680. The number of para-hydroxylation sites is 1. The van der Waals surface area contributed by atoms with Gasteiger partial charge in [0.15, 0.2) is 5.82 Å². The quantitative estimate of drug-likeness (QED) is 0.717. The molecule has 3 rings (SSSR count). The minimum Gasteiger partial charge on any atom is -0.412 e. The molecule has 2 aromatic carbocycles. The van der Waals surface area contributed by atoms with Crippen LogP contribution in [0.1, 0.15) is 18.9 Å². The Hall–Kier alpha value is -2.29. The van der Waals surface area contributed by atoms with Gasteiger partial charge in [0.2, 0.25) is 0 Å². The molecule has 0 unspecified atom stereocenters. The zero-order chi connectivity index (χ0) is 13.9. The smallest absolute Gasteiger partial charge is 0.176 e. The average Bonchev–Trinajstić information content (AvgIpc) is 2.86. The molecule has 102 valence electrons. The van der Waals surface area contributed by atoms with Crippen molar-refractivity contribution in [3.05, 3.63) is 54.1 Å². The van der Waals surface area contributed by atoms with Gasteiger partial charge in [0, 0.05) is 5.56 Å². The molecule has 0 aliphatic rings. The fraction of sp³-hybridized carbons (Fsp3) is 0.235. The van der Waals surface area contributed by atoms with Crippen LogP contribution in [-0.2, 0) is 0 Å². The first-order valence-corrected chi connectivity index (χ1v) is 6.98. The molecular weight excluding hydrogens is 248 g/mol. The largest absolute Gasteiger partial charge is 0.412 e. The van der Waals surface area contributed by atoms with Crippen molar-refractivity contribution in [1.82, 2.24) is 9.71 Å². The van der Waals surface area contributed by atoms with Crippen molar-refractivity contribution in [3.8, 4) is 11.4 Å². The lowest BCUT2D eigenvalue weighted by Gasteiger charge is -2.10. The number of hydrogen-bond donors (Lipinski definition) is 0. The van der Waals surface area contributed by atoms with Gasteiger partial charge in [-0.2, -0.15) is 4.73 Å². The van der Waals surface area contributed by atoms with E-state index in [1.165, 1.54) is 5.56 Å². The molecule has 0 atom stereocenters. The van der Waals surface area contributed by atoms with E-state index in [0.29, 0.717) is 6.61 Å². The van der Waals surface area contributed by atoms with Gasteiger partial charge in [-0.3, -0.25) is 0 Å². The number of benzene rings is 2. The fourth-order valence-corrected chi connectivity index (χ4v) is 2.30. The van der Waals surface area contributed by atoms with E-state index in [9.17, 15) is 0 Å². The molecule has 0 aliphatic carbocycles. The van der Waals surface area contributed by atoms with Crippen LogP contribution in [0.3, 0.4) is 0 Å². The molecule has 3 nitrogen and oxygen atoms in total. The molecule has 0 spiro atoms. The first-order chi connectivity index (χ1) is 9.81. The molecule has 1 aromatic heterocycles. The Kier molecular flexibility index (Phi) is 3.42. The molecule has 3 heteroatoms. The first-order valence-electron chi connectivity index (χ1n) is 6.98. The number of nitrogens with zero attached hydrogens (tertiary/aromatic N) is 2. The topological polar surface area (TPSA) is 27.1 Å². The van der Waals surface area contributed by atoms with Gasteiger partial charge in [-0.25, -0.2) is 4.98 Å². The van der Waals surface area contributed by atoms with Crippen LogP contribution in [0.25, 0.3) is 22.4 Å². The Morgan fingerprint density at radius 2 is 1.85 bits per heavy atom. The molecule has 0 fully saturated rings. The summed E-state index contributed by atoms with van der Waals surface area (Å²) in [7, 11) is 0. The summed E-state index contributed by atoms with van der Waals surface area (Å²) in [5, 5.41) is 0. The molecule has 0 radical (unpaired) electrons. The van der Waals surface area contributed by atoms with Gasteiger partial charge in [0.25, 0.3) is 0 Å². The van der Waals surface area contributed by atoms with Crippen molar-refractivity contribution in [3.63, 3.8) is 0 Å². The van der Waals surface area contributed by atoms with Crippen molar-refractivity contribution in [2.75, 3.05) is 6.61 Å². The Morgan fingerprint density at radius 1 is 1.05 bits per heavy atom. The molecule has 20 heavy (non-hydrogen) atoms. The molecule has 0 aliphatic heterocycles. The predicted molar refractivity (Wildman–Crippen MR) is 81.6 cm³/mol. The second kappa shape index (κ2) is 5.37. The van der Waals surface area contributed by atoms with Gasteiger partial charge in [0.05, 0.1) is 5.52 Å². The summed E-state index contributed by atoms with van der Waals surface area (Å²) in [6, 6.07) is 16.3. The van der Waals surface area contributed by atoms with Crippen LogP contribution in [0, 0.1) is 6.92 Å². The van der Waals surface area contributed by atoms with Gasteiger partial charge in [-0.05, 0) is 25.0 Å². The van der Waals surface area contributed by atoms with E-state index in [2.05, 4.69) is 38.1 Å². The molecule has 0 bridgehead atoms. The summed E-state index contributed by atoms with van der Waals surface area (Å²) in [6.45, 7) is 4.86. The monoisotopic (exact) mass is 266 g/mol. The SMILES string of the molecule is CCCOn1c(-c2ccccc2)nc2c(C)cccc21. The van der Waals surface area contributed by atoms with Gasteiger partial charge in [0.1, 0.15) is 12.1 Å². The molecule has 0 saturated heterocycles. The normalized spacial score (nSPS) is 10.9. The number of aryl methyl sites for hydroxylation is 1. The summed E-state index contributed by atoms with van der Waals surface area (Å²) in [6.07, 6.45) is 0.972. The maximum absolute atomic E-state index is 5.90. The van der Waals surface area contributed by atoms with Gasteiger partial charge < -0.3 is 4.84 Å². The maximum Gasteiger partial charge on any atom is 0.176 e. The van der Waals surface area contributed by atoms with Crippen molar-refractivity contribution < 1.29 is 4.84 Å². The molecular formula is C17H18N2O. The first kappa shape index (κ1) is 12.7. The highest BCUT2D eigenvalue weighted by Crippen LogP contribution is 2.25. The lowest BCUT2D eigenvalue weighted by molar-refractivity contribution is 0.123. The number of aromatic nitrogens is 2. The van der Waals surface area contributed by atoms with Crippen LogP contribution >= 0.6 is 0 Å². The lowest BCUT2D eigenvalue weighted by Crippen LogP contribution is -2.13. The van der Waals surface area contributed by atoms with E-state index < -0.39 is 0 Å². The molecule has 3 aromatic rings. The maximum atomic E-state index is 5.90. The highest BCUT2D eigenvalue weighted by Gasteiger charge is 2.14. The standard InChI is InChI=1S/C17H18N2O/c1-3-12-20-19-15-11-7-8-13(2)16(15)18-17(19)14-9-5-4-6-10-14/h4-11H,3,12H2,1-2H3. The summed E-state index contributed by atoms with van der Waals surface area (Å²) in [4.78, 5) is 10.7.